The fourth-order valence-electron chi connectivity index (χ4n) is 1.86. The third-order valence-corrected chi connectivity index (χ3v) is 2.68. The average Bonchev–Trinajstić information content (AvgIpc) is 2.33. The number of carbonyl (C=O) groups excluding carboxylic acids is 1. The highest BCUT2D eigenvalue weighted by atomic mass is 16.1. The van der Waals surface area contributed by atoms with Crippen LogP contribution in [0.1, 0.15) is 18.1 Å². The van der Waals surface area contributed by atoms with Crippen molar-refractivity contribution in [2.75, 3.05) is 11.1 Å². The molecule has 0 radical (unpaired) electrons. The molecule has 0 saturated carbocycles. The van der Waals surface area contributed by atoms with E-state index >= 15 is 0 Å². The molecular weight excluding hydrogens is 224 g/mol. The Morgan fingerprint density at radius 3 is 2.44 bits per heavy atom. The van der Waals surface area contributed by atoms with Crippen LogP contribution in [0.2, 0.25) is 0 Å². The summed E-state index contributed by atoms with van der Waals surface area (Å²) in [6.07, 6.45) is 0.839. The summed E-state index contributed by atoms with van der Waals surface area (Å²) in [5, 5.41) is 2.70. The Labute approximate surface area is 107 Å². The first kappa shape index (κ1) is 12.2. The summed E-state index contributed by atoms with van der Waals surface area (Å²) in [5.74, 6) is -0.113. The van der Waals surface area contributed by atoms with Crippen molar-refractivity contribution in [1.82, 2.24) is 0 Å². The molecule has 2 aromatic rings. The zero-order valence-corrected chi connectivity index (χ0v) is 10.3. The zero-order valence-electron chi connectivity index (χ0n) is 10.3. The molecule has 0 aromatic heterocycles. The van der Waals surface area contributed by atoms with Crippen molar-refractivity contribution in [2.24, 2.45) is 0 Å². The normalized spacial score (nSPS) is 10.1. The van der Waals surface area contributed by atoms with Gasteiger partial charge in [0.05, 0.1) is 11.4 Å². The number of hydrogen-bond donors (Lipinski definition) is 2. The summed E-state index contributed by atoms with van der Waals surface area (Å²) in [6, 6.07) is 15.9. The minimum Gasteiger partial charge on any atom is -0.397 e. The smallest absolute Gasteiger partial charge is 0.221 e. The van der Waals surface area contributed by atoms with Crippen LogP contribution in [-0.4, -0.2) is 5.91 Å². The van der Waals surface area contributed by atoms with E-state index in [0.717, 1.165) is 12.0 Å². The topological polar surface area (TPSA) is 55.1 Å². The molecule has 0 saturated heterocycles. The average molecular weight is 240 g/mol. The lowest BCUT2D eigenvalue weighted by Crippen LogP contribution is -2.08. The van der Waals surface area contributed by atoms with E-state index in [1.165, 1.54) is 12.5 Å². The van der Waals surface area contributed by atoms with Crippen molar-refractivity contribution in [1.29, 1.82) is 0 Å². The monoisotopic (exact) mass is 240 g/mol. The lowest BCUT2D eigenvalue weighted by molar-refractivity contribution is -0.114. The van der Waals surface area contributed by atoms with Crippen molar-refractivity contribution < 1.29 is 4.79 Å². The molecule has 0 aliphatic carbocycles. The molecule has 0 atom stereocenters. The first-order chi connectivity index (χ1) is 8.65. The summed E-state index contributed by atoms with van der Waals surface area (Å²) in [7, 11) is 0. The van der Waals surface area contributed by atoms with Crippen molar-refractivity contribution in [3.8, 4) is 0 Å². The number of nitrogens with two attached hydrogens (primary N) is 1. The number of nitrogen functional groups attached to an aromatic ring is 1. The summed E-state index contributed by atoms with van der Waals surface area (Å²) >= 11 is 0. The number of hydrogen-bond acceptors (Lipinski definition) is 2. The molecule has 0 spiro atoms. The van der Waals surface area contributed by atoms with E-state index in [4.69, 9.17) is 5.73 Å². The summed E-state index contributed by atoms with van der Waals surface area (Å²) in [4.78, 5) is 11.0. The molecule has 3 heteroatoms. The van der Waals surface area contributed by atoms with Gasteiger partial charge in [-0.25, -0.2) is 0 Å². The third kappa shape index (κ3) is 3.10. The molecule has 0 bridgehead atoms. The number of nitrogens with one attached hydrogen (secondary N) is 1. The Morgan fingerprint density at radius 2 is 1.83 bits per heavy atom. The van der Waals surface area contributed by atoms with Crippen molar-refractivity contribution in [2.45, 2.75) is 13.3 Å². The van der Waals surface area contributed by atoms with Crippen LogP contribution in [0, 0.1) is 0 Å². The van der Waals surface area contributed by atoms with E-state index in [0.29, 0.717) is 11.4 Å². The second-order valence-electron chi connectivity index (χ2n) is 4.27. The number of benzene rings is 2. The lowest BCUT2D eigenvalue weighted by Gasteiger charge is -2.08. The van der Waals surface area contributed by atoms with E-state index in [9.17, 15) is 4.79 Å². The highest BCUT2D eigenvalue weighted by Crippen LogP contribution is 2.21. The number of anilines is 2. The summed E-state index contributed by atoms with van der Waals surface area (Å²) < 4.78 is 0. The molecular formula is C15H16N2O. The van der Waals surface area contributed by atoms with E-state index in [1.807, 2.05) is 36.4 Å². The van der Waals surface area contributed by atoms with Crippen molar-refractivity contribution in [3.05, 3.63) is 59.7 Å². The van der Waals surface area contributed by atoms with Gasteiger partial charge in [0.1, 0.15) is 0 Å². The van der Waals surface area contributed by atoms with Gasteiger partial charge in [0.15, 0.2) is 0 Å². The maximum atomic E-state index is 11.0. The van der Waals surface area contributed by atoms with E-state index in [1.54, 1.807) is 0 Å². The molecule has 0 fully saturated rings. The second kappa shape index (κ2) is 5.36. The largest absolute Gasteiger partial charge is 0.397 e. The highest BCUT2D eigenvalue weighted by molar-refractivity contribution is 5.92. The highest BCUT2D eigenvalue weighted by Gasteiger charge is 2.03. The minimum atomic E-state index is -0.113. The van der Waals surface area contributed by atoms with Crippen LogP contribution >= 0.6 is 0 Å². The molecule has 0 unspecified atom stereocenters. The second-order valence-corrected chi connectivity index (χ2v) is 4.27. The van der Waals surface area contributed by atoms with E-state index in [2.05, 4.69) is 17.4 Å². The van der Waals surface area contributed by atoms with Crippen LogP contribution in [0.4, 0.5) is 11.4 Å². The molecule has 2 aromatic carbocycles. The van der Waals surface area contributed by atoms with Gasteiger partial charge in [-0.1, -0.05) is 36.4 Å². The third-order valence-electron chi connectivity index (χ3n) is 2.68. The molecule has 1 amide bonds. The zero-order chi connectivity index (χ0) is 13.0. The molecule has 3 N–H and O–H groups in total. The van der Waals surface area contributed by atoms with Gasteiger partial charge in [0.2, 0.25) is 5.91 Å². The van der Waals surface area contributed by atoms with Crippen molar-refractivity contribution >= 4 is 17.3 Å². The standard InChI is InChI=1S/C15H16N2O/c1-11(18)17-15-8-7-13(10-14(15)16)9-12-5-3-2-4-6-12/h2-8,10H,9,16H2,1H3,(H,17,18). The predicted octanol–water partition coefficient (Wildman–Crippen LogP) is 2.82. The fraction of sp³-hybridized carbons (Fsp3) is 0.133. The Hall–Kier alpha value is -2.29. The van der Waals surface area contributed by atoms with Gasteiger partial charge >= 0.3 is 0 Å². The first-order valence-corrected chi connectivity index (χ1v) is 5.85. The van der Waals surface area contributed by atoms with E-state index < -0.39 is 0 Å². The van der Waals surface area contributed by atoms with Crippen LogP contribution in [0.25, 0.3) is 0 Å². The molecule has 0 heterocycles. The Bertz CT molecular complexity index is 550. The van der Waals surface area contributed by atoms with Gasteiger partial charge in [-0.05, 0) is 29.7 Å². The quantitative estimate of drug-likeness (QED) is 0.810. The Kier molecular flexibility index (Phi) is 3.63. The van der Waals surface area contributed by atoms with Crippen LogP contribution in [-0.2, 0) is 11.2 Å². The SMILES string of the molecule is CC(=O)Nc1ccc(Cc2ccccc2)cc1N. The molecule has 18 heavy (non-hydrogen) atoms. The van der Waals surface area contributed by atoms with Gasteiger partial charge in [-0.2, -0.15) is 0 Å². The molecule has 0 aliphatic rings. The number of rotatable bonds is 3. The summed E-state index contributed by atoms with van der Waals surface area (Å²) in [6.45, 7) is 1.47. The Balaban J connectivity index is 2.16. The van der Waals surface area contributed by atoms with Gasteiger partial charge in [0.25, 0.3) is 0 Å². The Morgan fingerprint density at radius 1 is 1.11 bits per heavy atom. The van der Waals surface area contributed by atoms with Gasteiger partial charge in [-0.15, -0.1) is 0 Å². The molecule has 0 aliphatic heterocycles. The predicted molar refractivity (Wildman–Crippen MR) is 74.4 cm³/mol. The number of amides is 1. The van der Waals surface area contributed by atoms with E-state index in [-0.39, 0.29) is 5.91 Å². The number of carbonyl (C=O) groups is 1. The van der Waals surface area contributed by atoms with Crippen LogP contribution in [0.3, 0.4) is 0 Å². The molecule has 3 nitrogen and oxygen atoms in total. The minimum absolute atomic E-state index is 0.113. The van der Waals surface area contributed by atoms with Crippen molar-refractivity contribution in [3.63, 3.8) is 0 Å². The fourth-order valence-corrected chi connectivity index (χ4v) is 1.86. The van der Waals surface area contributed by atoms with Gasteiger partial charge < -0.3 is 11.1 Å². The van der Waals surface area contributed by atoms with Gasteiger partial charge in [-0.3, -0.25) is 4.79 Å². The maximum Gasteiger partial charge on any atom is 0.221 e. The molecule has 2 rings (SSSR count). The lowest BCUT2D eigenvalue weighted by atomic mass is 10.0. The van der Waals surface area contributed by atoms with Crippen LogP contribution in [0.15, 0.2) is 48.5 Å². The molecule has 92 valence electrons. The maximum absolute atomic E-state index is 11.0. The van der Waals surface area contributed by atoms with Gasteiger partial charge in [0, 0.05) is 6.92 Å². The summed E-state index contributed by atoms with van der Waals surface area (Å²) in [5.41, 5.74) is 9.54. The first-order valence-electron chi connectivity index (χ1n) is 5.85. The van der Waals surface area contributed by atoms with Crippen LogP contribution < -0.4 is 11.1 Å². The van der Waals surface area contributed by atoms with Crippen LogP contribution in [0.5, 0.6) is 0 Å².